The summed E-state index contributed by atoms with van der Waals surface area (Å²) in [6.07, 6.45) is 5.69. The first kappa shape index (κ1) is 22.9. The van der Waals surface area contributed by atoms with E-state index in [2.05, 4.69) is 27.9 Å². The maximum Gasteiger partial charge on any atom is 0.327 e. The Bertz CT molecular complexity index is 677. The van der Waals surface area contributed by atoms with Gasteiger partial charge in [0, 0.05) is 38.8 Å². The van der Waals surface area contributed by atoms with Gasteiger partial charge in [0.05, 0.1) is 15.7 Å². The van der Waals surface area contributed by atoms with E-state index >= 15 is 0 Å². The summed E-state index contributed by atoms with van der Waals surface area (Å²) in [6.45, 7) is 7.79. The molecule has 0 unspecified atom stereocenters. The lowest BCUT2D eigenvalue weighted by Crippen LogP contribution is -2.47. The van der Waals surface area contributed by atoms with Crippen LogP contribution in [0.25, 0.3) is 0 Å². The molecule has 1 saturated carbocycles. The van der Waals surface area contributed by atoms with Crippen molar-refractivity contribution in [2.24, 2.45) is 5.92 Å². The molecule has 162 valence electrons. The largest absolute Gasteiger partial charge is 0.368 e. The van der Waals surface area contributed by atoms with Crippen LogP contribution in [0.4, 0.5) is 10.5 Å². The maximum absolute atomic E-state index is 11.9. The van der Waals surface area contributed by atoms with E-state index in [0.29, 0.717) is 16.6 Å². The van der Waals surface area contributed by atoms with Gasteiger partial charge in [-0.1, -0.05) is 42.1 Å². The molecule has 2 aliphatic rings. The smallest absolute Gasteiger partial charge is 0.327 e. The number of nitrogens with zero attached hydrogens (tertiary/aromatic N) is 3. The van der Waals surface area contributed by atoms with Crippen LogP contribution in [-0.4, -0.2) is 60.5 Å². The second-order valence-corrected chi connectivity index (χ2v) is 9.26. The van der Waals surface area contributed by atoms with Gasteiger partial charge in [-0.05, 0) is 63.6 Å². The number of nitrogens with one attached hydrogen (secondary N) is 1. The Hall–Kier alpha value is -0.820. The first-order valence-corrected chi connectivity index (χ1v) is 11.8. The molecule has 1 N–H and O–H groups in total. The van der Waals surface area contributed by atoms with Gasteiger partial charge in [-0.3, -0.25) is 9.21 Å². The molecule has 3 rings (SSSR count). The highest BCUT2D eigenvalue weighted by Gasteiger charge is 2.28. The standard InChI is InChI=1S/C21H32Cl2N4OS/c1-2-24-21(28)27(29)17-8-6-16(7-9-17)10-11-25-12-14-26(15-13-25)19-5-3-4-18(22)20(19)23/h3-5,16-17,29H,2,6-15H2,1H3,(H,24,28). The lowest BCUT2D eigenvalue weighted by atomic mass is 9.84. The number of thiol groups is 1. The number of rotatable bonds is 6. The highest BCUT2D eigenvalue weighted by atomic mass is 35.5. The number of anilines is 1. The van der Waals surface area contributed by atoms with Crippen molar-refractivity contribution in [1.82, 2.24) is 14.5 Å². The Morgan fingerprint density at radius 2 is 1.86 bits per heavy atom. The molecule has 0 aromatic heterocycles. The minimum Gasteiger partial charge on any atom is -0.368 e. The van der Waals surface area contributed by atoms with E-state index in [-0.39, 0.29) is 12.1 Å². The summed E-state index contributed by atoms with van der Waals surface area (Å²) in [7, 11) is 0. The third-order valence-corrected chi connectivity index (χ3v) is 7.51. The second-order valence-electron chi connectivity index (χ2n) is 8.04. The average molecular weight is 459 g/mol. The van der Waals surface area contributed by atoms with Gasteiger partial charge >= 0.3 is 6.03 Å². The molecule has 1 aromatic carbocycles. The minimum atomic E-state index is -0.0723. The molecule has 2 fully saturated rings. The van der Waals surface area contributed by atoms with Gasteiger partial charge in [-0.25, -0.2) is 4.79 Å². The molecule has 0 radical (unpaired) electrons. The molecule has 1 aliphatic carbocycles. The first-order chi connectivity index (χ1) is 14.0. The molecule has 1 aromatic rings. The molecule has 1 aliphatic heterocycles. The van der Waals surface area contributed by atoms with Crippen LogP contribution in [0, 0.1) is 5.92 Å². The number of hydrogen-bond donors (Lipinski definition) is 2. The number of hydrogen-bond acceptors (Lipinski definition) is 4. The summed E-state index contributed by atoms with van der Waals surface area (Å²) < 4.78 is 1.60. The van der Waals surface area contributed by atoms with Gasteiger partial charge in [-0.2, -0.15) is 0 Å². The lowest BCUT2D eigenvalue weighted by Gasteiger charge is -2.38. The Morgan fingerprint density at radius 1 is 1.17 bits per heavy atom. The van der Waals surface area contributed by atoms with Crippen LogP contribution in [0.15, 0.2) is 18.2 Å². The van der Waals surface area contributed by atoms with Crippen molar-refractivity contribution in [3.63, 3.8) is 0 Å². The zero-order valence-electron chi connectivity index (χ0n) is 17.1. The molecular weight excluding hydrogens is 427 g/mol. The van der Waals surface area contributed by atoms with Crippen molar-refractivity contribution in [3.05, 3.63) is 28.2 Å². The highest BCUT2D eigenvalue weighted by molar-refractivity contribution is 7.78. The predicted octanol–water partition coefficient (Wildman–Crippen LogP) is 4.94. The highest BCUT2D eigenvalue weighted by Crippen LogP contribution is 2.33. The predicted molar refractivity (Wildman–Crippen MR) is 125 cm³/mol. The molecule has 0 bridgehead atoms. The van der Waals surface area contributed by atoms with Crippen molar-refractivity contribution in [1.29, 1.82) is 0 Å². The van der Waals surface area contributed by atoms with Gasteiger partial charge in [0.1, 0.15) is 0 Å². The van der Waals surface area contributed by atoms with Crippen molar-refractivity contribution < 1.29 is 4.79 Å². The van der Waals surface area contributed by atoms with Gasteiger partial charge in [0.15, 0.2) is 0 Å². The summed E-state index contributed by atoms with van der Waals surface area (Å²) >= 11 is 16.9. The number of urea groups is 1. The van der Waals surface area contributed by atoms with Gasteiger partial charge in [-0.15, -0.1) is 0 Å². The fourth-order valence-corrected chi connectivity index (χ4v) is 5.11. The van der Waals surface area contributed by atoms with Crippen LogP contribution in [0.5, 0.6) is 0 Å². The molecule has 1 saturated heterocycles. The van der Waals surface area contributed by atoms with Crippen LogP contribution in [-0.2, 0) is 0 Å². The normalized spacial score (nSPS) is 23.1. The summed E-state index contributed by atoms with van der Waals surface area (Å²) in [5.74, 6) is 0.752. The summed E-state index contributed by atoms with van der Waals surface area (Å²) in [4.78, 5) is 16.8. The van der Waals surface area contributed by atoms with Crippen LogP contribution in [0.2, 0.25) is 10.0 Å². The molecule has 2 amide bonds. The molecule has 0 atom stereocenters. The van der Waals surface area contributed by atoms with E-state index in [1.807, 2.05) is 25.1 Å². The van der Waals surface area contributed by atoms with Crippen molar-refractivity contribution in [2.75, 3.05) is 44.2 Å². The number of benzene rings is 1. The van der Waals surface area contributed by atoms with Gasteiger partial charge in [0.2, 0.25) is 0 Å². The Balaban J connectivity index is 1.37. The van der Waals surface area contributed by atoms with Crippen molar-refractivity contribution in [3.8, 4) is 0 Å². The molecule has 8 heteroatoms. The monoisotopic (exact) mass is 458 g/mol. The first-order valence-electron chi connectivity index (χ1n) is 10.7. The third-order valence-electron chi connectivity index (χ3n) is 6.20. The number of carbonyl (C=O) groups excluding carboxylic acids is 1. The van der Waals surface area contributed by atoms with Crippen molar-refractivity contribution in [2.45, 2.75) is 45.1 Å². The van der Waals surface area contributed by atoms with E-state index in [9.17, 15) is 4.79 Å². The zero-order valence-corrected chi connectivity index (χ0v) is 19.5. The topological polar surface area (TPSA) is 38.8 Å². The maximum atomic E-state index is 11.9. The van der Waals surface area contributed by atoms with E-state index in [1.54, 1.807) is 4.31 Å². The molecule has 29 heavy (non-hydrogen) atoms. The fraction of sp³-hybridized carbons (Fsp3) is 0.667. The SMILES string of the molecule is CCNC(=O)N(S)C1CCC(CCN2CCN(c3cccc(Cl)c3Cl)CC2)CC1. The van der Waals surface area contributed by atoms with Crippen LogP contribution < -0.4 is 10.2 Å². The van der Waals surface area contributed by atoms with E-state index in [1.165, 1.54) is 19.3 Å². The molecule has 5 nitrogen and oxygen atoms in total. The van der Waals surface area contributed by atoms with Crippen LogP contribution in [0.3, 0.4) is 0 Å². The number of carbonyl (C=O) groups is 1. The van der Waals surface area contributed by atoms with E-state index in [4.69, 9.17) is 23.2 Å². The molecular formula is C21H32Cl2N4OS. The molecule has 1 heterocycles. The minimum absolute atomic E-state index is 0.0723. The summed E-state index contributed by atoms with van der Waals surface area (Å²) in [6, 6.07) is 6.03. The molecule has 0 spiro atoms. The van der Waals surface area contributed by atoms with E-state index in [0.717, 1.165) is 57.2 Å². The average Bonchev–Trinajstić information content (AvgIpc) is 2.75. The third kappa shape index (κ3) is 6.09. The Morgan fingerprint density at radius 3 is 2.52 bits per heavy atom. The summed E-state index contributed by atoms with van der Waals surface area (Å²) in [5, 5.41) is 4.11. The second kappa shape index (κ2) is 11.0. The number of halogens is 2. The Kier molecular flexibility index (Phi) is 8.66. The van der Waals surface area contributed by atoms with E-state index < -0.39 is 0 Å². The summed E-state index contributed by atoms with van der Waals surface area (Å²) in [5.41, 5.74) is 1.04. The fourth-order valence-electron chi connectivity index (χ4n) is 4.39. The van der Waals surface area contributed by atoms with Gasteiger partial charge in [0.25, 0.3) is 0 Å². The Labute approximate surface area is 190 Å². The zero-order chi connectivity index (χ0) is 20.8. The van der Waals surface area contributed by atoms with Gasteiger partial charge < -0.3 is 10.2 Å². The van der Waals surface area contributed by atoms with Crippen LogP contribution in [0.1, 0.15) is 39.0 Å². The number of piperazine rings is 1. The quantitative estimate of drug-likeness (QED) is 0.592. The van der Waals surface area contributed by atoms with Crippen molar-refractivity contribution >= 4 is 47.7 Å². The number of amides is 2. The van der Waals surface area contributed by atoms with Crippen LogP contribution >= 0.6 is 36.0 Å². The lowest BCUT2D eigenvalue weighted by molar-refractivity contribution is 0.182.